The fourth-order valence-electron chi connectivity index (χ4n) is 3.57. The first kappa shape index (κ1) is 20.9. The summed E-state index contributed by atoms with van der Waals surface area (Å²) in [6.07, 6.45) is 0. The number of fused-ring (bicyclic) bond motifs is 3. The minimum absolute atomic E-state index is 0.156. The van der Waals surface area contributed by atoms with E-state index in [-0.39, 0.29) is 11.7 Å². The fourth-order valence-corrected chi connectivity index (χ4v) is 4.31. The summed E-state index contributed by atoms with van der Waals surface area (Å²) < 4.78 is 6.75. The van der Waals surface area contributed by atoms with Gasteiger partial charge in [0.05, 0.1) is 23.9 Å². The van der Waals surface area contributed by atoms with Crippen molar-refractivity contribution in [1.82, 2.24) is 14.6 Å². The van der Waals surface area contributed by atoms with Gasteiger partial charge in [-0.05, 0) is 61.7 Å². The second kappa shape index (κ2) is 8.39. The summed E-state index contributed by atoms with van der Waals surface area (Å²) in [6.45, 7) is 6.16. The van der Waals surface area contributed by atoms with E-state index in [0.29, 0.717) is 16.4 Å². The van der Waals surface area contributed by atoms with Crippen LogP contribution < -0.4 is 5.32 Å². The molecule has 0 fully saturated rings. The third-order valence-electron chi connectivity index (χ3n) is 5.11. The van der Waals surface area contributed by atoms with Gasteiger partial charge in [0, 0.05) is 11.1 Å². The van der Waals surface area contributed by atoms with Crippen LogP contribution in [0.5, 0.6) is 0 Å². The van der Waals surface area contributed by atoms with E-state index in [2.05, 4.69) is 47.6 Å². The van der Waals surface area contributed by atoms with Gasteiger partial charge in [-0.1, -0.05) is 30.0 Å². The van der Waals surface area contributed by atoms with Crippen LogP contribution in [-0.2, 0) is 9.53 Å². The lowest BCUT2D eigenvalue weighted by atomic mass is 10.0. The molecule has 2 aromatic carbocycles. The van der Waals surface area contributed by atoms with Crippen LogP contribution in [0.25, 0.3) is 16.6 Å². The van der Waals surface area contributed by atoms with Crippen molar-refractivity contribution in [3.8, 4) is 0 Å². The molecule has 0 aliphatic carbocycles. The average molecular weight is 435 g/mol. The minimum Gasteiger partial charge on any atom is -0.465 e. The monoisotopic (exact) mass is 434 g/mol. The largest absolute Gasteiger partial charge is 0.465 e. The van der Waals surface area contributed by atoms with Crippen LogP contribution in [0, 0.1) is 20.8 Å². The number of nitrogens with one attached hydrogen (secondary N) is 1. The number of rotatable bonds is 5. The van der Waals surface area contributed by atoms with Crippen LogP contribution in [0.2, 0.25) is 0 Å². The number of anilines is 1. The predicted octanol–water partition coefficient (Wildman–Crippen LogP) is 4.33. The highest BCUT2D eigenvalue weighted by molar-refractivity contribution is 7.99. The molecule has 0 saturated carbocycles. The standard InChI is InChI=1S/C23H22N4O3S/c1-13-8-9-14(2)20-18(13)10-15(3)21-25-26-23(27(20)21)31-12-19(28)24-17-7-5-6-16(11-17)22(29)30-4/h5-11H,12H2,1-4H3,(H,24,28). The molecular formula is C23H22N4O3S. The molecule has 1 N–H and O–H groups in total. The van der Waals surface area contributed by atoms with Gasteiger partial charge in [-0.25, -0.2) is 4.79 Å². The van der Waals surface area contributed by atoms with Gasteiger partial charge in [-0.15, -0.1) is 10.2 Å². The Hall–Kier alpha value is -3.39. The Morgan fingerprint density at radius 1 is 1.03 bits per heavy atom. The van der Waals surface area contributed by atoms with Gasteiger partial charge < -0.3 is 10.1 Å². The maximum Gasteiger partial charge on any atom is 0.337 e. The number of amides is 1. The lowest BCUT2D eigenvalue weighted by Crippen LogP contribution is -2.15. The quantitative estimate of drug-likeness (QED) is 0.372. The molecule has 158 valence electrons. The highest BCUT2D eigenvalue weighted by Crippen LogP contribution is 2.29. The summed E-state index contributed by atoms with van der Waals surface area (Å²) in [4.78, 5) is 24.2. The first-order valence-electron chi connectivity index (χ1n) is 9.74. The molecule has 2 aromatic heterocycles. The van der Waals surface area contributed by atoms with Gasteiger partial charge in [0.25, 0.3) is 0 Å². The Kier molecular flexibility index (Phi) is 5.65. The molecule has 4 aromatic rings. The molecule has 0 aliphatic heterocycles. The molecule has 0 unspecified atom stereocenters. The van der Waals surface area contributed by atoms with Crippen LogP contribution in [-0.4, -0.2) is 39.3 Å². The predicted molar refractivity (Wildman–Crippen MR) is 122 cm³/mol. The Labute approximate surface area is 183 Å². The van der Waals surface area contributed by atoms with E-state index in [0.717, 1.165) is 27.7 Å². The highest BCUT2D eigenvalue weighted by Gasteiger charge is 2.16. The van der Waals surface area contributed by atoms with Gasteiger partial charge in [-0.3, -0.25) is 9.20 Å². The van der Waals surface area contributed by atoms with Crippen LogP contribution in [0.3, 0.4) is 0 Å². The summed E-state index contributed by atoms with van der Waals surface area (Å²) in [6, 6.07) is 13.0. The average Bonchev–Trinajstić information content (AvgIpc) is 3.19. The third-order valence-corrected chi connectivity index (χ3v) is 6.04. The molecule has 31 heavy (non-hydrogen) atoms. The smallest absolute Gasteiger partial charge is 0.337 e. The normalized spacial score (nSPS) is 11.1. The van der Waals surface area contributed by atoms with Crippen molar-refractivity contribution in [1.29, 1.82) is 0 Å². The Bertz CT molecular complexity index is 1330. The number of methoxy groups -OCH3 is 1. The van der Waals surface area contributed by atoms with E-state index in [4.69, 9.17) is 4.74 Å². The summed E-state index contributed by atoms with van der Waals surface area (Å²) >= 11 is 1.32. The van der Waals surface area contributed by atoms with Crippen molar-refractivity contribution in [2.75, 3.05) is 18.2 Å². The van der Waals surface area contributed by atoms with Crippen molar-refractivity contribution in [2.24, 2.45) is 0 Å². The van der Waals surface area contributed by atoms with Crippen LogP contribution in [0.4, 0.5) is 5.69 Å². The van der Waals surface area contributed by atoms with Crippen molar-refractivity contribution in [2.45, 2.75) is 25.9 Å². The Morgan fingerprint density at radius 2 is 1.81 bits per heavy atom. The van der Waals surface area contributed by atoms with Crippen LogP contribution >= 0.6 is 11.8 Å². The molecule has 0 bridgehead atoms. The van der Waals surface area contributed by atoms with Gasteiger partial charge >= 0.3 is 5.97 Å². The number of benzene rings is 2. The first-order chi connectivity index (χ1) is 14.9. The van der Waals surface area contributed by atoms with Gasteiger partial charge in [0.1, 0.15) is 0 Å². The number of esters is 1. The van der Waals surface area contributed by atoms with E-state index >= 15 is 0 Å². The molecule has 2 heterocycles. The molecule has 0 saturated heterocycles. The summed E-state index contributed by atoms with van der Waals surface area (Å²) in [5.41, 5.74) is 6.09. The number of hydrogen-bond acceptors (Lipinski definition) is 6. The Morgan fingerprint density at radius 3 is 2.58 bits per heavy atom. The maximum atomic E-state index is 12.5. The number of ether oxygens (including phenoxy) is 1. The summed E-state index contributed by atoms with van der Waals surface area (Å²) in [5, 5.41) is 13.3. The molecule has 4 rings (SSSR count). The van der Waals surface area contributed by atoms with Crippen molar-refractivity contribution in [3.63, 3.8) is 0 Å². The molecule has 0 atom stereocenters. The van der Waals surface area contributed by atoms with E-state index in [9.17, 15) is 9.59 Å². The van der Waals surface area contributed by atoms with Crippen LogP contribution in [0.15, 0.2) is 47.6 Å². The topological polar surface area (TPSA) is 85.6 Å². The summed E-state index contributed by atoms with van der Waals surface area (Å²) in [5.74, 6) is -0.495. The van der Waals surface area contributed by atoms with E-state index in [1.54, 1.807) is 24.3 Å². The molecule has 7 nitrogen and oxygen atoms in total. The maximum absolute atomic E-state index is 12.5. The van der Waals surface area contributed by atoms with Crippen LogP contribution in [0.1, 0.15) is 27.0 Å². The SMILES string of the molecule is COC(=O)c1cccc(NC(=O)CSc2nnc3c(C)cc4c(C)ccc(C)c4n23)c1. The highest BCUT2D eigenvalue weighted by atomic mass is 32.2. The number of hydrogen-bond donors (Lipinski definition) is 1. The first-order valence-corrected chi connectivity index (χ1v) is 10.7. The van der Waals surface area contributed by atoms with E-state index < -0.39 is 5.97 Å². The minimum atomic E-state index is -0.451. The van der Waals surface area contributed by atoms with Gasteiger partial charge in [0.15, 0.2) is 10.8 Å². The van der Waals surface area contributed by atoms with Crippen molar-refractivity contribution >= 4 is 45.9 Å². The number of thioether (sulfide) groups is 1. The van der Waals surface area contributed by atoms with E-state index in [1.165, 1.54) is 24.4 Å². The number of nitrogens with zero attached hydrogens (tertiary/aromatic N) is 3. The lowest BCUT2D eigenvalue weighted by Gasteiger charge is -2.11. The summed E-state index contributed by atoms with van der Waals surface area (Å²) in [7, 11) is 1.32. The fraction of sp³-hybridized carbons (Fsp3) is 0.217. The molecule has 0 radical (unpaired) electrons. The number of pyridine rings is 1. The van der Waals surface area contributed by atoms with E-state index in [1.807, 2.05) is 11.3 Å². The Balaban J connectivity index is 1.59. The number of carbonyl (C=O) groups excluding carboxylic acids is 2. The zero-order valence-electron chi connectivity index (χ0n) is 17.7. The molecule has 8 heteroatoms. The lowest BCUT2D eigenvalue weighted by molar-refractivity contribution is -0.113. The zero-order valence-corrected chi connectivity index (χ0v) is 18.5. The molecule has 0 spiro atoms. The molecular weight excluding hydrogens is 412 g/mol. The second-order valence-corrected chi connectivity index (χ2v) is 8.28. The third kappa shape index (κ3) is 3.98. The van der Waals surface area contributed by atoms with Crippen molar-refractivity contribution in [3.05, 3.63) is 64.7 Å². The van der Waals surface area contributed by atoms with Crippen molar-refractivity contribution < 1.29 is 14.3 Å². The number of aryl methyl sites for hydroxylation is 3. The van der Waals surface area contributed by atoms with Gasteiger partial charge in [0.2, 0.25) is 5.91 Å². The molecule has 1 amide bonds. The number of aromatic nitrogens is 3. The van der Waals surface area contributed by atoms with Gasteiger partial charge in [-0.2, -0.15) is 0 Å². The molecule has 0 aliphatic rings. The second-order valence-electron chi connectivity index (χ2n) is 7.34. The zero-order chi connectivity index (χ0) is 22.1. The number of carbonyl (C=O) groups is 2.